The van der Waals surface area contributed by atoms with Crippen LogP contribution in [0.15, 0.2) is 70.0 Å². The zero-order chi connectivity index (χ0) is 25.0. The van der Waals surface area contributed by atoms with E-state index in [1.807, 2.05) is 30.4 Å². The van der Waals surface area contributed by atoms with Crippen LogP contribution in [0.4, 0.5) is 5.69 Å². The molecule has 0 spiro atoms. The quantitative estimate of drug-likeness (QED) is 0.188. The summed E-state index contributed by atoms with van der Waals surface area (Å²) in [5.41, 5.74) is 4.21. The topological polar surface area (TPSA) is 37.3 Å². The fourth-order valence-corrected chi connectivity index (χ4v) is 4.56. The van der Waals surface area contributed by atoms with Gasteiger partial charge in [-0.2, -0.15) is 4.57 Å². The Balaban J connectivity index is 1.63. The normalized spacial score (nSPS) is 12.1. The Labute approximate surface area is 208 Å². The van der Waals surface area contributed by atoms with E-state index < -0.39 is 0 Å². The van der Waals surface area contributed by atoms with Crippen molar-refractivity contribution >= 4 is 39.7 Å². The molecule has 182 valence electrons. The Kier molecular flexibility index (Phi) is 7.37. The number of fused-ring (bicyclic) bond motifs is 2. The van der Waals surface area contributed by atoms with Gasteiger partial charge in [0.25, 0.3) is 0 Å². The molecule has 0 saturated carbocycles. The molecular formula is C30H37N3O2+2. The summed E-state index contributed by atoms with van der Waals surface area (Å²) < 4.78 is 8.98. The van der Waals surface area contributed by atoms with Crippen LogP contribution in [-0.2, 0) is 6.54 Å². The molecule has 0 aliphatic rings. The van der Waals surface area contributed by atoms with Crippen molar-refractivity contribution in [1.82, 2.24) is 0 Å². The average molecular weight is 472 g/mol. The first-order valence-electron chi connectivity index (χ1n) is 12.5. The Hall–Kier alpha value is -3.44. The van der Waals surface area contributed by atoms with Crippen molar-refractivity contribution in [3.8, 4) is 0 Å². The van der Waals surface area contributed by atoms with Crippen molar-refractivity contribution in [1.29, 1.82) is 0 Å². The van der Waals surface area contributed by atoms with Crippen LogP contribution in [0.1, 0.15) is 31.4 Å². The van der Waals surface area contributed by atoms with Crippen molar-refractivity contribution < 1.29 is 13.5 Å². The predicted octanol–water partition coefficient (Wildman–Crippen LogP) is 5.35. The van der Waals surface area contributed by atoms with E-state index in [1.165, 1.54) is 10.9 Å². The molecule has 5 nitrogen and oxygen atoms in total. The van der Waals surface area contributed by atoms with E-state index in [0.717, 1.165) is 53.7 Å². The Morgan fingerprint density at radius 2 is 1.69 bits per heavy atom. The minimum absolute atomic E-state index is 0.318. The van der Waals surface area contributed by atoms with Gasteiger partial charge in [-0.15, -0.1) is 0 Å². The number of pyridine rings is 1. The lowest BCUT2D eigenvalue weighted by Crippen LogP contribution is -2.40. The van der Waals surface area contributed by atoms with Crippen LogP contribution in [-0.4, -0.2) is 45.3 Å². The largest absolute Gasteiger partial charge is 0.422 e. The number of quaternary nitrogens is 1. The van der Waals surface area contributed by atoms with Gasteiger partial charge in [-0.1, -0.05) is 18.2 Å². The second kappa shape index (κ2) is 10.4. The first-order chi connectivity index (χ1) is 16.8. The molecule has 0 amide bonds. The van der Waals surface area contributed by atoms with Crippen LogP contribution in [0.25, 0.3) is 34.0 Å². The highest BCUT2D eigenvalue weighted by Crippen LogP contribution is 2.23. The molecule has 2 heterocycles. The van der Waals surface area contributed by atoms with Crippen molar-refractivity contribution in [2.24, 2.45) is 0 Å². The molecule has 0 bridgehead atoms. The summed E-state index contributed by atoms with van der Waals surface area (Å²) in [5, 5.41) is 2.10. The SMILES string of the molecule is CCN(CC)c1ccc2cc(/C=C/c3cc[n+](CCC[N+](C)(C)C)c4ccccc34)c(=O)oc2c1. The molecule has 0 aliphatic carbocycles. The van der Waals surface area contributed by atoms with Crippen LogP contribution in [0.2, 0.25) is 0 Å². The maximum absolute atomic E-state index is 12.8. The van der Waals surface area contributed by atoms with Crippen LogP contribution >= 0.6 is 0 Å². The fraction of sp³-hybridized carbons (Fsp3) is 0.333. The monoisotopic (exact) mass is 471 g/mol. The van der Waals surface area contributed by atoms with Gasteiger partial charge in [0.2, 0.25) is 5.52 Å². The van der Waals surface area contributed by atoms with E-state index in [9.17, 15) is 4.79 Å². The van der Waals surface area contributed by atoms with Gasteiger partial charge in [0.05, 0.1) is 45.1 Å². The molecule has 0 N–H and O–H groups in total. The molecular weight excluding hydrogens is 434 g/mol. The van der Waals surface area contributed by atoms with Crippen LogP contribution in [0, 0.1) is 0 Å². The molecule has 0 atom stereocenters. The summed E-state index contributed by atoms with van der Waals surface area (Å²) in [5.74, 6) is 0. The average Bonchev–Trinajstić information content (AvgIpc) is 2.83. The van der Waals surface area contributed by atoms with E-state index in [-0.39, 0.29) is 5.63 Å². The molecule has 0 fully saturated rings. The molecule has 0 aliphatic heterocycles. The highest BCUT2D eigenvalue weighted by molar-refractivity contribution is 5.89. The molecule has 2 aromatic heterocycles. The third-order valence-electron chi connectivity index (χ3n) is 6.50. The number of rotatable bonds is 9. The first-order valence-corrected chi connectivity index (χ1v) is 12.5. The van der Waals surface area contributed by atoms with E-state index in [1.54, 1.807) is 0 Å². The Morgan fingerprint density at radius 1 is 0.943 bits per heavy atom. The lowest BCUT2D eigenvalue weighted by atomic mass is 10.1. The van der Waals surface area contributed by atoms with Crippen LogP contribution < -0.4 is 15.1 Å². The zero-order valence-electron chi connectivity index (χ0n) is 21.6. The summed E-state index contributed by atoms with van der Waals surface area (Å²) in [4.78, 5) is 15.0. The number of anilines is 1. The van der Waals surface area contributed by atoms with Gasteiger partial charge >= 0.3 is 5.63 Å². The fourth-order valence-electron chi connectivity index (χ4n) is 4.56. The maximum Gasteiger partial charge on any atom is 0.343 e. The Morgan fingerprint density at radius 3 is 2.43 bits per heavy atom. The van der Waals surface area contributed by atoms with E-state index in [2.05, 4.69) is 87.1 Å². The molecule has 0 unspecified atom stereocenters. The van der Waals surface area contributed by atoms with E-state index in [4.69, 9.17) is 4.42 Å². The summed E-state index contributed by atoms with van der Waals surface area (Å²) in [6.45, 7) is 8.16. The van der Waals surface area contributed by atoms with Crippen molar-refractivity contribution in [2.75, 3.05) is 45.7 Å². The molecule has 0 radical (unpaired) electrons. The molecule has 0 saturated heterocycles. The highest BCUT2D eigenvalue weighted by Gasteiger charge is 2.14. The van der Waals surface area contributed by atoms with Gasteiger partial charge in [-0.3, -0.25) is 0 Å². The Bertz CT molecular complexity index is 1410. The van der Waals surface area contributed by atoms with Gasteiger partial charge in [-0.05, 0) is 49.8 Å². The summed E-state index contributed by atoms with van der Waals surface area (Å²) in [6.07, 6.45) is 7.14. The molecule has 35 heavy (non-hydrogen) atoms. The predicted molar refractivity (Wildman–Crippen MR) is 147 cm³/mol. The molecule has 5 heteroatoms. The molecule has 2 aromatic carbocycles. The second-order valence-electron chi connectivity index (χ2n) is 10.1. The lowest BCUT2D eigenvalue weighted by molar-refractivity contribution is -0.873. The number of benzene rings is 2. The van der Waals surface area contributed by atoms with Gasteiger partial charge in [0.1, 0.15) is 5.58 Å². The molecule has 4 rings (SSSR count). The summed E-state index contributed by atoms with van der Waals surface area (Å²) in [6, 6.07) is 18.6. The standard InChI is InChI=1S/C30H37N3O2/c1-6-31(7-2)26-16-15-24-21-25(30(34)35-29(24)22-26)14-13-23-17-19-32(18-10-20-33(3,4)5)28-12-9-8-11-27(23)28/h8-9,11-17,19,21-22H,6-7,10,18,20H2,1-5H3/q+2. The number of para-hydroxylation sites is 1. The van der Waals surface area contributed by atoms with Crippen LogP contribution in [0.3, 0.4) is 0 Å². The van der Waals surface area contributed by atoms with Crippen molar-refractivity contribution in [3.63, 3.8) is 0 Å². The first kappa shape index (κ1) is 24.7. The maximum atomic E-state index is 12.8. The number of aromatic nitrogens is 1. The van der Waals surface area contributed by atoms with Crippen molar-refractivity contribution in [2.45, 2.75) is 26.8 Å². The lowest BCUT2D eigenvalue weighted by Gasteiger charge is -2.22. The smallest absolute Gasteiger partial charge is 0.343 e. The van der Waals surface area contributed by atoms with Crippen LogP contribution in [0.5, 0.6) is 0 Å². The highest BCUT2D eigenvalue weighted by atomic mass is 16.4. The van der Waals surface area contributed by atoms with Gasteiger partial charge in [0, 0.05) is 42.4 Å². The molecule has 4 aromatic rings. The number of hydrogen-bond acceptors (Lipinski definition) is 3. The minimum atomic E-state index is -0.318. The van der Waals surface area contributed by atoms with E-state index in [0.29, 0.717) is 11.1 Å². The summed E-state index contributed by atoms with van der Waals surface area (Å²) >= 11 is 0. The van der Waals surface area contributed by atoms with Gasteiger partial charge in [-0.25, -0.2) is 4.79 Å². The second-order valence-corrected chi connectivity index (χ2v) is 10.1. The van der Waals surface area contributed by atoms with Gasteiger partial charge < -0.3 is 13.8 Å². The summed E-state index contributed by atoms with van der Waals surface area (Å²) in [7, 11) is 6.68. The number of nitrogens with zero attached hydrogens (tertiary/aromatic N) is 3. The number of aryl methyl sites for hydroxylation is 1. The van der Waals surface area contributed by atoms with Crippen molar-refractivity contribution in [3.05, 3.63) is 82.3 Å². The minimum Gasteiger partial charge on any atom is -0.422 e. The van der Waals surface area contributed by atoms with E-state index >= 15 is 0 Å². The zero-order valence-corrected chi connectivity index (χ0v) is 21.6. The third kappa shape index (κ3) is 5.80. The third-order valence-corrected chi connectivity index (χ3v) is 6.50. The number of hydrogen-bond donors (Lipinski definition) is 0. The van der Waals surface area contributed by atoms with Gasteiger partial charge in [0.15, 0.2) is 12.7 Å².